The standard InChI is InChI=1S/C14H20N4O/c1-17-7-6-15-8-11(17)10-18-13-5-3-2-4-12(13)16-9-14(18)19/h2-5,11,15-16H,6-10H2,1H3. The number of carbonyl (C=O) groups is 1. The number of carbonyl (C=O) groups excluding carboxylic acids is 1. The molecule has 0 bridgehead atoms. The Labute approximate surface area is 113 Å². The van der Waals surface area contributed by atoms with E-state index in [1.165, 1.54) is 0 Å². The second-order valence-corrected chi connectivity index (χ2v) is 5.21. The summed E-state index contributed by atoms with van der Waals surface area (Å²) in [7, 11) is 2.13. The van der Waals surface area contributed by atoms with Crippen molar-refractivity contribution in [3.8, 4) is 0 Å². The molecule has 1 atom stereocenters. The molecule has 5 nitrogen and oxygen atoms in total. The van der Waals surface area contributed by atoms with Gasteiger partial charge >= 0.3 is 0 Å². The van der Waals surface area contributed by atoms with Crippen molar-refractivity contribution in [1.29, 1.82) is 0 Å². The van der Waals surface area contributed by atoms with Gasteiger partial charge in [0.1, 0.15) is 0 Å². The Balaban J connectivity index is 1.81. The third-order valence-corrected chi connectivity index (χ3v) is 3.96. The van der Waals surface area contributed by atoms with E-state index in [2.05, 4.69) is 22.6 Å². The molecule has 0 spiro atoms. The fourth-order valence-electron chi connectivity index (χ4n) is 2.74. The number of benzene rings is 1. The van der Waals surface area contributed by atoms with Gasteiger partial charge in [0, 0.05) is 32.2 Å². The number of hydrogen-bond acceptors (Lipinski definition) is 4. The summed E-state index contributed by atoms with van der Waals surface area (Å²) >= 11 is 0. The molecular weight excluding hydrogens is 240 g/mol. The zero-order chi connectivity index (χ0) is 13.2. The number of fused-ring (bicyclic) bond motifs is 1. The molecule has 5 heteroatoms. The van der Waals surface area contributed by atoms with Gasteiger partial charge < -0.3 is 15.5 Å². The van der Waals surface area contributed by atoms with Crippen LogP contribution < -0.4 is 15.5 Å². The van der Waals surface area contributed by atoms with Crippen LogP contribution in [0.1, 0.15) is 0 Å². The van der Waals surface area contributed by atoms with Gasteiger partial charge in [0.15, 0.2) is 0 Å². The number of para-hydroxylation sites is 2. The SMILES string of the molecule is CN1CCNCC1CN1C(=O)CNc2ccccc21. The summed E-state index contributed by atoms with van der Waals surface area (Å²) in [6, 6.07) is 8.39. The molecule has 2 aliphatic heterocycles. The number of hydrogen-bond donors (Lipinski definition) is 2. The Hall–Kier alpha value is -1.59. The Bertz CT molecular complexity index is 476. The quantitative estimate of drug-likeness (QED) is 0.805. The van der Waals surface area contributed by atoms with Gasteiger partial charge in [-0.05, 0) is 19.2 Å². The number of piperazine rings is 1. The molecule has 2 N–H and O–H groups in total. The van der Waals surface area contributed by atoms with Gasteiger partial charge in [0.05, 0.1) is 17.9 Å². The van der Waals surface area contributed by atoms with Crippen molar-refractivity contribution in [3.63, 3.8) is 0 Å². The number of rotatable bonds is 2. The first-order valence-corrected chi connectivity index (χ1v) is 6.80. The average molecular weight is 260 g/mol. The van der Waals surface area contributed by atoms with Gasteiger partial charge in [-0.15, -0.1) is 0 Å². The minimum Gasteiger partial charge on any atom is -0.374 e. The van der Waals surface area contributed by atoms with E-state index in [-0.39, 0.29) is 5.91 Å². The second-order valence-electron chi connectivity index (χ2n) is 5.21. The first kappa shape index (κ1) is 12.4. The van der Waals surface area contributed by atoms with E-state index in [9.17, 15) is 4.79 Å². The van der Waals surface area contributed by atoms with Crippen LogP contribution in [0.2, 0.25) is 0 Å². The molecule has 102 valence electrons. The Morgan fingerprint density at radius 1 is 1.37 bits per heavy atom. The van der Waals surface area contributed by atoms with E-state index in [4.69, 9.17) is 0 Å². The van der Waals surface area contributed by atoms with Crippen LogP contribution in [0.5, 0.6) is 0 Å². The van der Waals surface area contributed by atoms with Crippen LogP contribution >= 0.6 is 0 Å². The van der Waals surface area contributed by atoms with E-state index in [1.54, 1.807) is 0 Å². The summed E-state index contributed by atoms with van der Waals surface area (Å²) in [4.78, 5) is 16.4. The molecule has 0 aromatic heterocycles. The predicted octanol–water partition coefficient (Wildman–Crippen LogP) is 0.349. The highest BCUT2D eigenvalue weighted by Gasteiger charge is 2.28. The number of nitrogens with one attached hydrogen (secondary N) is 2. The summed E-state index contributed by atoms with van der Waals surface area (Å²) in [5.41, 5.74) is 2.05. The summed E-state index contributed by atoms with van der Waals surface area (Å²) in [6.45, 7) is 4.14. The summed E-state index contributed by atoms with van der Waals surface area (Å²) in [5, 5.41) is 6.57. The molecule has 19 heavy (non-hydrogen) atoms. The lowest BCUT2D eigenvalue weighted by Gasteiger charge is -2.38. The Morgan fingerprint density at radius 3 is 3.05 bits per heavy atom. The summed E-state index contributed by atoms with van der Waals surface area (Å²) < 4.78 is 0. The number of anilines is 2. The Kier molecular flexibility index (Phi) is 3.40. The maximum absolute atomic E-state index is 12.2. The van der Waals surface area contributed by atoms with E-state index in [1.807, 2.05) is 29.2 Å². The Morgan fingerprint density at radius 2 is 2.21 bits per heavy atom. The van der Waals surface area contributed by atoms with Crippen molar-refractivity contribution in [3.05, 3.63) is 24.3 Å². The lowest BCUT2D eigenvalue weighted by molar-refractivity contribution is -0.117. The highest BCUT2D eigenvalue weighted by atomic mass is 16.2. The fourth-order valence-corrected chi connectivity index (χ4v) is 2.74. The van der Waals surface area contributed by atoms with Crippen molar-refractivity contribution in [2.24, 2.45) is 0 Å². The lowest BCUT2D eigenvalue weighted by Crippen LogP contribution is -2.56. The number of likely N-dealkylation sites (N-methyl/N-ethyl adjacent to an activating group) is 1. The van der Waals surface area contributed by atoms with Gasteiger partial charge in [0.2, 0.25) is 5.91 Å². The van der Waals surface area contributed by atoms with Crippen LogP contribution in [0.25, 0.3) is 0 Å². The molecule has 0 aliphatic carbocycles. The van der Waals surface area contributed by atoms with Gasteiger partial charge in [-0.25, -0.2) is 0 Å². The largest absolute Gasteiger partial charge is 0.374 e. The van der Waals surface area contributed by atoms with Gasteiger partial charge in [0.25, 0.3) is 0 Å². The molecule has 1 saturated heterocycles. The molecule has 3 rings (SSSR count). The molecule has 1 aromatic carbocycles. The van der Waals surface area contributed by atoms with Crippen LogP contribution in [0.4, 0.5) is 11.4 Å². The summed E-state index contributed by atoms with van der Waals surface area (Å²) in [6.07, 6.45) is 0. The molecule has 1 aromatic rings. The minimum atomic E-state index is 0.151. The van der Waals surface area contributed by atoms with Crippen LogP contribution in [-0.4, -0.2) is 56.6 Å². The molecule has 1 fully saturated rings. The van der Waals surface area contributed by atoms with E-state index in [0.717, 1.165) is 37.6 Å². The molecule has 2 aliphatic rings. The number of amides is 1. The van der Waals surface area contributed by atoms with Gasteiger partial charge in [-0.3, -0.25) is 9.69 Å². The molecular formula is C14H20N4O. The lowest BCUT2D eigenvalue weighted by atomic mass is 10.1. The van der Waals surface area contributed by atoms with E-state index >= 15 is 0 Å². The van der Waals surface area contributed by atoms with Crippen LogP contribution in [0, 0.1) is 0 Å². The summed E-state index contributed by atoms with van der Waals surface area (Å²) in [5.74, 6) is 0.151. The zero-order valence-corrected chi connectivity index (χ0v) is 11.2. The van der Waals surface area contributed by atoms with Crippen LogP contribution in [0.15, 0.2) is 24.3 Å². The minimum absolute atomic E-state index is 0.151. The van der Waals surface area contributed by atoms with Gasteiger partial charge in [-0.2, -0.15) is 0 Å². The third-order valence-electron chi connectivity index (χ3n) is 3.96. The molecule has 2 heterocycles. The maximum Gasteiger partial charge on any atom is 0.246 e. The van der Waals surface area contributed by atoms with Crippen LogP contribution in [-0.2, 0) is 4.79 Å². The first-order valence-electron chi connectivity index (χ1n) is 6.80. The highest BCUT2D eigenvalue weighted by molar-refractivity contribution is 6.02. The third kappa shape index (κ3) is 2.43. The average Bonchev–Trinajstić information content (AvgIpc) is 2.44. The topological polar surface area (TPSA) is 47.6 Å². The van der Waals surface area contributed by atoms with Crippen molar-refractivity contribution in [2.75, 3.05) is 50.0 Å². The molecule has 0 radical (unpaired) electrons. The van der Waals surface area contributed by atoms with Gasteiger partial charge in [-0.1, -0.05) is 12.1 Å². The number of nitrogens with zero attached hydrogens (tertiary/aromatic N) is 2. The predicted molar refractivity (Wildman–Crippen MR) is 76.6 cm³/mol. The van der Waals surface area contributed by atoms with Crippen molar-refractivity contribution in [1.82, 2.24) is 10.2 Å². The first-order chi connectivity index (χ1) is 9.25. The fraction of sp³-hybridized carbons (Fsp3) is 0.500. The van der Waals surface area contributed by atoms with E-state index < -0.39 is 0 Å². The molecule has 1 unspecified atom stereocenters. The monoisotopic (exact) mass is 260 g/mol. The van der Waals surface area contributed by atoms with Crippen molar-refractivity contribution in [2.45, 2.75) is 6.04 Å². The van der Waals surface area contributed by atoms with Crippen LogP contribution in [0.3, 0.4) is 0 Å². The maximum atomic E-state index is 12.2. The van der Waals surface area contributed by atoms with E-state index in [0.29, 0.717) is 12.6 Å². The highest BCUT2D eigenvalue weighted by Crippen LogP contribution is 2.29. The molecule has 0 saturated carbocycles. The smallest absolute Gasteiger partial charge is 0.246 e. The van der Waals surface area contributed by atoms with Crippen molar-refractivity contribution >= 4 is 17.3 Å². The van der Waals surface area contributed by atoms with Crippen molar-refractivity contribution < 1.29 is 4.79 Å². The zero-order valence-electron chi connectivity index (χ0n) is 11.2. The molecule has 1 amide bonds. The second kappa shape index (κ2) is 5.19. The normalized spacial score (nSPS) is 23.9.